The second kappa shape index (κ2) is 49.6. The van der Waals surface area contributed by atoms with E-state index < -0.39 is 57.6 Å². The molecule has 1 amide bonds. The lowest BCUT2D eigenvalue weighted by Crippen LogP contribution is -2.43. The van der Waals surface area contributed by atoms with Crippen LogP contribution < -0.4 is 5.32 Å². The molecule has 0 heterocycles. The lowest BCUT2D eigenvalue weighted by Gasteiger charge is -2.18. The maximum Gasteiger partial charge on any atom is 0.472 e. The van der Waals surface area contributed by atoms with Crippen molar-refractivity contribution in [3.8, 4) is 0 Å². The van der Waals surface area contributed by atoms with Gasteiger partial charge in [-0.05, 0) is 38.5 Å². The average molecular weight is 958 g/mol. The van der Waals surface area contributed by atoms with Crippen LogP contribution >= 0.6 is 7.82 Å². The zero-order chi connectivity index (χ0) is 48.4. The number of amides is 1. The van der Waals surface area contributed by atoms with E-state index in [4.69, 9.17) is 13.8 Å². The van der Waals surface area contributed by atoms with Crippen LogP contribution in [0.5, 0.6) is 0 Å². The Labute approximate surface area is 405 Å². The number of phosphoric acid groups is 1. The molecule has 0 rings (SSSR count). The highest BCUT2D eigenvalue weighted by Crippen LogP contribution is 2.43. The third-order valence-corrected chi connectivity index (χ3v) is 13.5. The zero-order valence-corrected chi connectivity index (χ0v) is 43.7. The molecule has 0 bridgehead atoms. The van der Waals surface area contributed by atoms with Crippen LogP contribution in [0.25, 0.3) is 0 Å². The minimum atomic E-state index is -4.76. The number of carboxylic acid groups (broad SMARTS) is 1. The summed E-state index contributed by atoms with van der Waals surface area (Å²) in [6.07, 6.45) is 53.8. The number of ether oxygens (including phenoxy) is 1. The lowest BCUT2D eigenvalue weighted by atomic mass is 10.0. The van der Waals surface area contributed by atoms with Crippen molar-refractivity contribution in [2.75, 3.05) is 19.8 Å². The molecule has 66 heavy (non-hydrogen) atoms. The van der Waals surface area contributed by atoms with Gasteiger partial charge in [-0.2, -0.15) is 0 Å². The first-order valence-electron chi connectivity index (χ1n) is 27.7. The summed E-state index contributed by atoms with van der Waals surface area (Å²) >= 11 is 0. The quantitative estimate of drug-likeness (QED) is 0.0199. The van der Waals surface area contributed by atoms with Gasteiger partial charge in [0.05, 0.1) is 13.2 Å². The van der Waals surface area contributed by atoms with Crippen LogP contribution in [-0.2, 0) is 32.7 Å². The maximum atomic E-state index is 12.4. The third kappa shape index (κ3) is 48.7. The van der Waals surface area contributed by atoms with Gasteiger partial charge >= 0.3 is 19.8 Å². The van der Waals surface area contributed by atoms with Crippen LogP contribution in [-0.4, -0.2) is 64.9 Å². The summed E-state index contributed by atoms with van der Waals surface area (Å²) in [6.45, 7) is 2.66. The molecule has 4 N–H and O–H groups in total. The number of unbranched alkanes of at least 4 members (excludes halogenated alkanes) is 37. The third-order valence-electron chi connectivity index (χ3n) is 12.6. The number of nitrogens with one attached hydrogen (secondary N) is 1. The number of hydrogen-bond acceptors (Lipinski definition) is 8. The van der Waals surface area contributed by atoms with Crippen LogP contribution in [0.15, 0.2) is 12.2 Å². The molecule has 0 spiro atoms. The van der Waals surface area contributed by atoms with Crippen LogP contribution in [0.4, 0.5) is 0 Å². The summed E-state index contributed by atoms with van der Waals surface area (Å²) in [4.78, 5) is 46.2. The Morgan fingerprint density at radius 1 is 0.470 bits per heavy atom. The molecule has 12 heteroatoms. The van der Waals surface area contributed by atoms with Crippen LogP contribution in [0.2, 0.25) is 0 Å². The smallest absolute Gasteiger partial charge is 0.472 e. The lowest BCUT2D eigenvalue weighted by molar-refractivity contribution is -0.147. The van der Waals surface area contributed by atoms with E-state index in [1.54, 1.807) is 0 Å². The number of hydrogen-bond donors (Lipinski definition) is 4. The molecular formula is C54H104NO10P. The topological polar surface area (TPSA) is 169 Å². The predicted molar refractivity (Wildman–Crippen MR) is 273 cm³/mol. The van der Waals surface area contributed by atoms with Crippen molar-refractivity contribution in [1.29, 1.82) is 0 Å². The minimum absolute atomic E-state index is 0.149. The summed E-state index contributed by atoms with van der Waals surface area (Å²) in [7, 11) is -4.76. The fraction of sp³-hybridized carbons (Fsp3) is 0.907. The van der Waals surface area contributed by atoms with E-state index in [1.165, 1.54) is 205 Å². The number of aliphatic carboxylic acids is 1. The molecule has 0 saturated heterocycles. The van der Waals surface area contributed by atoms with Crippen molar-refractivity contribution in [2.45, 2.75) is 296 Å². The molecule has 3 atom stereocenters. The van der Waals surface area contributed by atoms with Gasteiger partial charge in [0.15, 0.2) is 6.04 Å². The van der Waals surface area contributed by atoms with Crippen molar-refractivity contribution >= 4 is 25.7 Å². The van der Waals surface area contributed by atoms with E-state index >= 15 is 0 Å². The molecule has 0 aliphatic rings. The molecule has 0 aromatic carbocycles. The average Bonchev–Trinajstić information content (AvgIpc) is 3.29. The van der Waals surface area contributed by atoms with Gasteiger partial charge in [-0.15, -0.1) is 0 Å². The highest BCUT2D eigenvalue weighted by Gasteiger charge is 2.28. The van der Waals surface area contributed by atoms with E-state index in [1.807, 2.05) is 0 Å². The van der Waals surface area contributed by atoms with Crippen molar-refractivity contribution in [3.05, 3.63) is 12.2 Å². The number of esters is 1. The SMILES string of the molecule is CCCCCCCC/C=C/CCCCCCCCCCCCCC(=O)NC(COP(=O)(O)OCC(O)COC(=O)CCCCCCCCCCCCCCCCCCCCCCC)C(=O)O. The summed E-state index contributed by atoms with van der Waals surface area (Å²) in [6, 6.07) is -1.54. The van der Waals surface area contributed by atoms with Gasteiger partial charge in [0.2, 0.25) is 5.91 Å². The van der Waals surface area contributed by atoms with Crippen molar-refractivity contribution in [3.63, 3.8) is 0 Å². The number of carbonyl (C=O) groups is 3. The van der Waals surface area contributed by atoms with E-state index in [2.05, 4.69) is 31.3 Å². The largest absolute Gasteiger partial charge is 0.480 e. The Morgan fingerprint density at radius 2 is 0.788 bits per heavy atom. The van der Waals surface area contributed by atoms with E-state index in [9.17, 15) is 34.1 Å². The Hall–Kier alpha value is -1.78. The number of aliphatic hydroxyl groups excluding tert-OH is 1. The number of carboxylic acids is 1. The normalized spacial score (nSPS) is 13.5. The Balaban J connectivity index is 3.76. The molecule has 3 unspecified atom stereocenters. The monoisotopic (exact) mass is 958 g/mol. The molecule has 0 aliphatic carbocycles. The first-order chi connectivity index (χ1) is 32.1. The van der Waals surface area contributed by atoms with Gasteiger partial charge in [-0.25, -0.2) is 9.36 Å². The molecule has 0 radical (unpaired) electrons. The fourth-order valence-electron chi connectivity index (χ4n) is 8.26. The number of aliphatic hydroxyl groups is 1. The van der Waals surface area contributed by atoms with Crippen molar-refractivity contribution in [2.24, 2.45) is 0 Å². The van der Waals surface area contributed by atoms with E-state index in [-0.39, 0.29) is 12.8 Å². The summed E-state index contributed by atoms with van der Waals surface area (Å²) in [5.41, 5.74) is 0. The first-order valence-corrected chi connectivity index (χ1v) is 29.2. The predicted octanol–water partition coefficient (Wildman–Crippen LogP) is 15.6. The van der Waals surface area contributed by atoms with Gasteiger partial charge in [0.25, 0.3) is 0 Å². The summed E-state index contributed by atoms with van der Waals surface area (Å²) in [5.74, 6) is -2.35. The number of rotatable bonds is 53. The Morgan fingerprint density at radius 3 is 1.15 bits per heavy atom. The summed E-state index contributed by atoms with van der Waals surface area (Å²) in [5, 5.41) is 22.0. The van der Waals surface area contributed by atoms with Crippen molar-refractivity contribution < 1.29 is 47.8 Å². The Bertz CT molecular complexity index is 1170. The fourth-order valence-corrected chi connectivity index (χ4v) is 9.03. The highest BCUT2D eigenvalue weighted by molar-refractivity contribution is 7.47. The van der Waals surface area contributed by atoms with Gasteiger partial charge in [0, 0.05) is 12.8 Å². The number of phosphoric ester groups is 1. The van der Waals surface area contributed by atoms with Crippen LogP contribution in [0, 0.1) is 0 Å². The standard InChI is InChI=1S/C54H104NO10P/c1-3-5-7-9-11-13-15-17-19-21-23-25-27-29-31-33-35-37-39-41-43-45-52(57)55-51(54(59)60)49-65-66(61,62)64-48-50(56)47-63-53(58)46-44-42-40-38-36-34-32-30-28-26-24-22-20-18-16-14-12-10-8-6-4-2/h17,19,50-51,56H,3-16,18,20-49H2,1-2H3,(H,55,57)(H,59,60)(H,61,62)/b19-17+. The highest BCUT2D eigenvalue weighted by atomic mass is 31.2. The maximum absolute atomic E-state index is 12.4. The van der Waals surface area contributed by atoms with Gasteiger partial charge in [-0.1, -0.05) is 244 Å². The van der Waals surface area contributed by atoms with Crippen molar-refractivity contribution in [1.82, 2.24) is 5.32 Å². The molecule has 0 aliphatic heterocycles. The second-order valence-electron chi connectivity index (χ2n) is 19.1. The molecule has 0 saturated carbocycles. The summed E-state index contributed by atoms with van der Waals surface area (Å²) < 4.78 is 27.0. The van der Waals surface area contributed by atoms with Gasteiger partial charge in [-0.3, -0.25) is 18.6 Å². The molecule has 390 valence electrons. The first kappa shape index (κ1) is 64.2. The van der Waals surface area contributed by atoms with E-state index in [0.29, 0.717) is 12.8 Å². The molecule has 0 aromatic rings. The van der Waals surface area contributed by atoms with Gasteiger partial charge < -0.3 is 25.2 Å². The number of carbonyl (C=O) groups excluding carboxylic acids is 2. The molecule has 0 aromatic heterocycles. The minimum Gasteiger partial charge on any atom is -0.480 e. The van der Waals surface area contributed by atoms with E-state index in [0.717, 1.165) is 38.5 Å². The second-order valence-corrected chi connectivity index (χ2v) is 20.6. The molecule has 11 nitrogen and oxygen atoms in total. The van der Waals surface area contributed by atoms with Crippen LogP contribution in [0.3, 0.4) is 0 Å². The number of allylic oxidation sites excluding steroid dienone is 2. The molecular weight excluding hydrogens is 854 g/mol. The van der Waals surface area contributed by atoms with Crippen LogP contribution in [0.1, 0.15) is 284 Å². The zero-order valence-electron chi connectivity index (χ0n) is 42.8. The molecule has 0 fully saturated rings. The van der Waals surface area contributed by atoms with Gasteiger partial charge in [0.1, 0.15) is 12.7 Å². The Kier molecular flexibility index (Phi) is 48.3.